The van der Waals surface area contributed by atoms with Gasteiger partial charge in [0.1, 0.15) is 0 Å². The lowest BCUT2D eigenvalue weighted by molar-refractivity contribution is 0.0697. The van der Waals surface area contributed by atoms with Crippen molar-refractivity contribution in [2.75, 3.05) is 5.75 Å². The Balaban J connectivity index is 2.26. The van der Waals surface area contributed by atoms with Crippen molar-refractivity contribution in [2.45, 2.75) is 11.3 Å². The number of nitrogens with zero attached hydrogens (tertiary/aromatic N) is 2. The molecule has 0 saturated carbocycles. The quantitative estimate of drug-likeness (QED) is 0.903. The molecular weight excluding hydrogens is 316 g/mol. The maximum absolute atomic E-state index is 12.3. The van der Waals surface area contributed by atoms with Crippen molar-refractivity contribution >= 4 is 27.4 Å². The topological polar surface area (TPSA) is 89.3 Å². The van der Waals surface area contributed by atoms with E-state index in [1.807, 2.05) is 0 Å². The lowest BCUT2D eigenvalue weighted by Gasteiger charge is -2.07. The number of carbonyl (C=O) groups is 1. The summed E-state index contributed by atoms with van der Waals surface area (Å²) < 4.78 is 26.1. The summed E-state index contributed by atoms with van der Waals surface area (Å²) in [7, 11) is -1.86. The second-order valence-corrected chi connectivity index (χ2v) is 6.98. The Bertz CT molecular complexity index is 783. The Labute approximate surface area is 126 Å². The summed E-state index contributed by atoms with van der Waals surface area (Å²) in [6, 6.07) is 5.42. The van der Waals surface area contributed by atoms with Gasteiger partial charge in [0.05, 0.1) is 21.2 Å². The number of carboxylic acid groups (broad SMARTS) is 1. The highest BCUT2D eigenvalue weighted by Gasteiger charge is 2.19. The van der Waals surface area contributed by atoms with Gasteiger partial charge in [-0.05, 0) is 24.3 Å². The fourth-order valence-corrected chi connectivity index (χ4v) is 3.35. The Hall–Kier alpha value is -1.86. The van der Waals surface area contributed by atoms with E-state index in [-0.39, 0.29) is 21.2 Å². The molecule has 0 aliphatic rings. The molecule has 1 aromatic heterocycles. The van der Waals surface area contributed by atoms with E-state index in [2.05, 4.69) is 5.10 Å². The van der Waals surface area contributed by atoms with E-state index in [0.717, 1.165) is 11.8 Å². The number of carboxylic acids is 1. The highest BCUT2D eigenvalue weighted by atomic mass is 35.5. The molecule has 0 atom stereocenters. The monoisotopic (exact) mass is 328 g/mol. The SMILES string of the molecule is Cn1nccc1CCS(=O)(=O)c1ccc(Cl)c(C(=O)O)c1. The summed E-state index contributed by atoms with van der Waals surface area (Å²) in [6.45, 7) is 0. The molecule has 0 amide bonds. The first-order valence-electron chi connectivity index (χ1n) is 6.04. The minimum atomic E-state index is -3.59. The predicted molar refractivity (Wildman–Crippen MR) is 77.4 cm³/mol. The number of aromatic carboxylic acids is 1. The Morgan fingerprint density at radius 3 is 2.67 bits per heavy atom. The summed E-state index contributed by atoms with van der Waals surface area (Å²) in [5.41, 5.74) is 0.560. The first-order chi connectivity index (χ1) is 9.81. The van der Waals surface area contributed by atoms with Gasteiger partial charge in [-0.15, -0.1) is 0 Å². The average Bonchev–Trinajstić information content (AvgIpc) is 2.82. The van der Waals surface area contributed by atoms with Gasteiger partial charge in [-0.25, -0.2) is 13.2 Å². The molecule has 6 nitrogen and oxygen atoms in total. The van der Waals surface area contributed by atoms with Gasteiger partial charge in [0.25, 0.3) is 0 Å². The fraction of sp³-hybridized carbons (Fsp3) is 0.231. The molecule has 0 aliphatic carbocycles. The maximum atomic E-state index is 12.3. The van der Waals surface area contributed by atoms with Gasteiger partial charge in [-0.1, -0.05) is 11.6 Å². The number of rotatable bonds is 5. The second kappa shape index (κ2) is 5.87. The molecule has 0 unspecified atom stereocenters. The van der Waals surface area contributed by atoms with E-state index in [1.54, 1.807) is 24.0 Å². The van der Waals surface area contributed by atoms with Crippen LogP contribution in [0.15, 0.2) is 35.4 Å². The lowest BCUT2D eigenvalue weighted by Crippen LogP contribution is -2.12. The molecule has 1 aromatic carbocycles. The van der Waals surface area contributed by atoms with Crippen LogP contribution in [0.4, 0.5) is 0 Å². The van der Waals surface area contributed by atoms with Gasteiger partial charge >= 0.3 is 5.97 Å². The number of hydrogen-bond acceptors (Lipinski definition) is 4. The van der Waals surface area contributed by atoms with Gasteiger partial charge in [0.2, 0.25) is 0 Å². The zero-order valence-corrected chi connectivity index (χ0v) is 12.7. The number of aryl methyl sites for hydroxylation is 2. The molecule has 0 aliphatic heterocycles. The average molecular weight is 329 g/mol. The molecule has 0 fully saturated rings. The van der Waals surface area contributed by atoms with Crippen LogP contribution >= 0.6 is 11.6 Å². The third kappa shape index (κ3) is 3.43. The fourth-order valence-electron chi connectivity index (χ4n) is 1.87. The van der Waals surface area contributed by atoms with Crippen LogP contribution in [0.5, 0.6) is 0 Å². The highest BCUT2D eigenvalue weighted by molar-refractivity contribution is 7.91. The van der Waals surface area contributed by atoms with Gasteiger partial charge in [0.15, 0.2) is 9.84 Å². The maximum Gasteiger partial charge on any atom is 0.337 e. The molecule has 2 rings (SSSR count). The van der Waals surface area contributed by atoms with Crippen molar-refractivity contribution in [3.05, 3.63) is 46.7 Å². The van der Waals surface area contributed by atoms with Crippen molar-refractivity contribution in [1.29, 1.82) is 0 Å². The van der Waals surface area contributed by atoms with Crippen LogP contribution in [0.2, 0.25) is 5.02 Å². The molecule has 0 spiro atoms. The second-order valence-electron chi connectivity index (χ2n) is 4.46. The van der Waals surface area contributed by atoms with Crippen LogP contribution in [0.1, 0.15) is 16.1 Å². The summed E-state index contributed by atoms with van der Waals surface area (Å²) in [5, 5.41) is 13.0. The van der Waals surface area contributed by atoms with Crippen molar-refractivity contribution < 1.29 is 18.3 Å². The highest BCUT2D eigenvalue weighted by Crippen LogP contribution is 2.21. The van der Waals surface area contributed by atoms with Crippen LogP contribution in [-0.4, -0.2) is 35.0 Å². The molecule has 2 aromatic rings. The molecule has 112 valence electrons. The third-order valence-electron chi connectivity index (χ3n) is 3.08. The molecule has 1 N–H and O–H groups in total. The molecule has 0 radical (unpaired) electrons. The summed E-state index contributed by atoms with van der Waals surface area (Å²) in [4.78, 5) is 10.9. The third-order valence-corrected chi connectivity index (χ3v) is 5.12. The normalized spacial score (nSPS) is 11.5. The van der Waals surface area contributed by atoms with E-state index in [9.17, 15) is 13.2 Å². The van der Waals surface area contributed by atoms with Crippen LogP contribution in [0.3, 0.4) is 0 Å². The van der Waals surface area contributed by atoms with Gasteiger partial charge < -0.3 is 5.11 Å². The molecule has 0 saturated heterocycles. The Kier molecular flexibility index (Phi) is 4.34. The lowest BCUT2D eigenvalue weighted by atomic mass is 10.2. The molecule has 1 heterocycles. The number of hydrogen-bond donors (Lipinski definition) is 1. The summed E-state index contributed by atoms with van der Waals surface area (Å²) >= 11 is 5.73. The Morgan fingerprint density at radius 1 is 1.38 bits per heavy atom. The minimum absolute atomic E-state index is 0.00749. The first-order valence-corrected chi connectivity index (χ1v) is 8.07. The molecule has 0 bridgehead atoms. The van der Waals surface area contributed by atoms with Crippen molar-refractivity contribution in [1.82, 2.24) is 9.78 Å². The number of aromatic nitrogens is 2. The van der Waals surface area contributed by atoms with Crippen LogP contribution in [0, 0.1) is 0 Å². The van der Waals surface area contributed by atoms with E-state index in [1.165, 1.54) is 12.1 Å². The van der Waals surface area contributed by atoms with Crippen molar-refractivity contribution in [3.8, 4) is 0 Å². The predicted octanol–water partition coefficient (Wildman–Crippen LogP) is 1.79. The van der Waals surface area contributed by atoms with Crippen molar-refractivity contribution in [3.63, 3.8) is 0 Å². The molecule has 21 heavy (non-hydrogen) atoms. The smallest absolute Gasteiger partial charge is 0.337 e. The van der Waals surface area contributed by atoms with Gasteiger partial charge in [0, 0.05) is 25.4 Å². The summed E-state index contributed by atoms with van der Waals surface area (Å²) in [5.74, 6) is -1.39. The standard InChI is InChI=1S/C13H13ClN2O4S/c1-16-9(4-6-15-16)5-7-21(19,20)10-2-3-12(14)11(8-10)13(17)18/h2-4,6,8H,5,7H2,1H3,(H,17,18). The summed E-state index contributed by atoms with van der Waals surface area (Å²) in [6.07, 6.45) is 1.89. The van der Waals surface area contributed by atoms with E-state index in [4.69, 9.17) is 16.7 Å². The van der Waals surface area contributed by atoms with Crippen LogP contribution in [0.25, 0.3) is 0 Å². The zero-order chi connectivity index (χ0) is 15.6. The largest absolute Gasteiger partial charge is 0.478 e. The first kappa shape index (κ1) is 15.5. The van der Waals surface area contributed by atoms with E-state index >= 15 is 0 Å². The number of benzene rings is 1. The van der Waals surface area contributed by atoms with Gasteiger partial charge in [-0.3, -0.25) is 4.68 Å². The molecule has 8 heteroatoms. The number of sulfone groups is 1. The molecular formula is C13H13ClN2O4S. The zero-order valence-electron chi connectivity index (χ0n) is 11.2. The van der Waals surface area contributed by atoms with E-state index in [0.29, 0.717) is 6.42 Å². The van der Waals surface area contributed by atoms with Crippen LogP contribution < -0.4 is 0 Å². The van der Waals surface area contributed by atoms with E-state index < -0.39 is 15.8 Å². The number of halogens is 1. The Morgan fingerprint density at radius 2 is 2.10 bits per heavy atom. The van der Waals surface area contributed by atoms with Crippen LogP contribution in [-0.2, 0) is 23.3 Å². The van der Waals surface area contributed by atoms with Crippen molar-refractivity contribution in [2.24, 2.45) is 7.05 Å². The van der Waals surface area contributed by atoms with Gasteiger partial charge in [-0.2, -0.15) is 5.10 Å². The minimum Gasteiger partial charge on any atom is -0.478 e.